The Morgan fingerprint density at radius 1 is 1.26 bits per heavy atom. The van der Waals surface area contributed by atoms with Crippen molar-refractivity contribution in [3.8, 4) is 11.5 Å². The maximum absolute atomic E-state index is 12.3. The predicted octanol–water partition coefficient (Wildman–Crippen LogP) is 0.463. The van der Waals surface area contributed by atoms with E-state index in [0.717, 1.165) is 25.9 Å². The summed E-state index contributed by atoms with van der Waals surface area (Å²) >= 11 is 0. The SMILES string of the molecule is COc1cc(OCC(N)=O)cc(C(=O)NC2CCNCC2)c1.Cl. The molecule has 2 amide bonds. The van der Waals surface area contributed by atoms with Crippen LogP contribution in [0.3, 0.4) is 0 Å². The topological polar surface area (TPSA) is 103 Å². The van der Waals surface area contributed by atoms with Crippen LogP contribution in [0.25, 0.3) is 0 Å². The number of hydrogen-bond acceptors (Lipinski definition) is 5. The fourth-order valence-electron chi connectivity index (χ4n) is 2.29. The number of amides is 2. The van der Waals surface area contributed by atoms with Gasteiger partial charge in [-0.05, 0) is 38.1 Å². The Morgan fingerprint density at radius 2 is 1.91 bits per heavy atom. The number of primary amides is 1. The van der Waals surface area contributed by atoms with E-state index in [4.69, 9.17) is 15.2 Å². The molecule has 1 fully saturated rings. The van der Waals surface area contributed by atoms with E-state index in [-0.39, 0.29) is 31.0 Å². The van der Waals surface area contributed by atoms with Crippen LogP contribution in [0.15, 0.2) is 18.2 Å². The average molecular weight is 344 g/mol. The first kappa shape index (κ1) is 19.1. The predicted molar refractivity (Wildman–Crippen MR) is 88.3 cm³/mol. The molecule has 7 nitrogen and oxygen atoms in total. The van der Waals surface area contributed by atoms with Crippen LogP contribution in [-0.4, -0.2) is 44.7 Å². The van der Waals surface area contributed by atoms with Crippen molar-refractivity contribution in [3.63, 3.8) is 0 Å². The van der Waals surface area contributed by atoms with Crippen molar-refractivity contribution in [1.82, 2.24) is 10.6 Å². The number of carbonyl (C=O) groups excluding carboxylic acids is 2. The van der Waals surface area contributed by atoms with Crippen LogP contribution in [0.4, 0.5) is 0 Å². The van der Waals surface area contributed by atoms with Crippen LogP contribution >= 0.6 is 12.4 Å². The maximum atomic E-state index is 12.3. The lowest BCUT2D eigenvalue weighted by Crippen LogP contribution is -2.42. The van der Waals surface area contributed by atoms with E-state index in [1.165, 1.54) is 7.11 Å². The van der Waals surface area contributed by atoms with Gasteiger partial charge < -0.3 is 25.8 Å². The van der Waals surface area contributed by atoms with Gasteiger partial charge in [-0.25, -0.2) is 0 Å². The highest BCUT2D eigenvalue weighted by molar-refractivity contribution is 5.95. The van der Waals surface area contributed by atoms with Gasteiger partial charge >= 0.3 is 0 Å². The Kier molecular flexibility index (Phi) is 7.64. The van der Waals surface area contributed by atoms with Crippen LogP contribution in [-0.2, 0) is 4.79 Å². The Morgan fingerprint density at radius 3 is 2.52 bits per heavy atom. The molecule has 8 heteroatoms. The second-order valence-corrected chi connectivity index (χ2v) is 5.15. The van der Waals surface area contributed by atoms with Gasteiger partial charge in [0.25, 0.3) is 11.8 Å². The minimum Gasteiger partial charge on any atom is -0.497 e. The van der Waals surface area contributed by atoms with Crippen LogP contribution in [0, 0.1) is 0 Å². The summed E-state index contributed by atoms with van der Waals surface area (Å²) in [6.07, 6.45) is 1.81. The van der Waals surface area contributed by atoms with Gasteiger partial charge in [0.1, 0.15) is 11.5 Å². The van der Waals surface area contributed by atoms with Crippen molar-refractivity contribution in [2.24, 2.45) is 5.73 Å². The van der Waals surface area contributed by atoms with E-state index in [9.17, 15) is 9.59 Å². The molecule has 0 aromatic heterocycles. The normalized spacial score (nSPS) is 14.5. The molecule has 23 heavy (non-hydrogen) atoms. The molecular formula is C15H22ClN3O4. The van der Waals surface area contributed by atoms with Crippen molar-refractivity contribution < 1.29 is 19.1 Å². The summed E-state index contributed by atoms with van der Waals surface area (Å²) in [6.45, 7) is 1.55. The maximum Gasteiger partial charge on any atom is 0.255 e. The molecule has 0 bridgehead atoms. The lowest BCUT2D eigenvalue weighted by Gasteiger charge is -2.23. The second kappa shape index (κ2) is 9.22. The Bertz CT molecular complexity index is 548. The zero-order valence-electron chi connectivity index (χ0n) is 13.0. The summed E-state index contributed by atoms with van der Waals surface area (Å²) in [5.74, 6) is 0.0873. The number of piperidine rings is 1. The average Bonchev–Trinajstić information content (AvgIpc) is 2.53. The smallest absolute Gasteiger partial charge is 0.255 e. The molecular weight excluding hydrogens is 322 g/mol. The number of halogens is 1. The lowest BCUT2D eigenvalue weighted by atomic mass is 10.1. The minimum absolute atomic E-state index is 0. The summed E-state index contributed by atoms with van der Waals surface area (Å²) in [5.41, 5.74) is 5.48. The molecule has 1 aliphatic rings. The van der Waals surface area contributed by atoms with E-state index >= 15 is 0 Å². The van der Waals surface area contributed by atoms with E-state index in [2.05, 4.69) is 10.6 Å². The molecule has 1 aromatic carbocycles. The van der Waals surface area contributed by atoms with Gasteiger partial charge in [0.15, 0.2) is 6.61 Å². The van der Waals surface area contributed by atoms with Crippen molar-refractivity contribution in [2.75, 3.05) is 26.8 Å². The van der Waals surface area contributed by atoms with Gasteiger partial charge in [-0.1, -0.05) is 0 Å². The van der Waals surface area contributed by atoms with Crippen LogP contribution in [0.2, 0.25) is 0 Å². The zero-order chi connectivity index (χ0) is 15.9. The van der Waals surface area contributed by atoms with E-state index < -0.39 is 5.91 Å². The highest BCUT2D eigenvalue weighted by Crippen LogP contribution is 2.23. The van der Waals surface area contributed by atoms with Gasteiger partial charge in [-0.2, -0.15) is 0 Å². The third-order valence-electron chi connectivity index (χ3n) is 3.43. The molecule has 0 radical (unpaired) electrons. The molecule has 4 N–H and O–H groups in total. The molecule has 1 aliphatic heterocycles. The van der Waals surface area contributed by atoms with Gasteiger partial charge in [-0.15, -0.1) is 12.4 Å². The number of benzene rings is 1. The molecule has 2 rings (SSSR count). The fourth-order valence-corrected chi connectivity index (χ4v) is 2.29. The number of hydrogen-bond donors (Lipinski definition) is 3. The molecule has 1 aromatic rings. The largest absolute Gasteiger partial charge is 0.497 e. The minimum atomic E-state index is -0.580. The third-order valence-corrected chi connectivity index (χ3v) is 3.43. The molecule has 0 aliphatic carbocycles. The quantitative estimate of drug-likeness (QED) is 0.696. The van der Waals surface area contributed by atoms with Gasteiger partial charge in [0, 0.05) is 17.7 Å². The van der Waals surface area contributed by atoms with Crippen molar-refractivity contribution in [2.45, 2.75) is 18.9 Å². The summed E-state index contributed by atoms with van der Waals surface area (Å²) in [4.78, 5) is 23.1. The molecule has 1 heterocycles. The summed E-state index contributed by atoms with van der Waals surface area (Å²) < 4.78 is 10.4. The van der Waals surface area contributed by atoms with Crippen molar-refractivity contribution in [3.05, 3.63) is 23.8 Å². The van der Waals surface area contributed by atoms with Crippen LogP contribution in [0.1, 0.15) is 23.2 Å². The highest BCUT2D eigenvalue weighted by Gasteiger charge is 2.17. The molecule has 1 saturated heterocycles. The summed E-state index contributed by atoms with van der Waals surface area (Å²) in [5, 5.41) is 6.24. The van der Waals surface area contributed by atoms with E-state index in [0.29, 0.717) is 17.1 Å². The highest BCUT2D eigenvalue weighted by atomic mass is 35.5. The molecule has 0 saturated carbocycles. The van der Waals surface area contributed by atoms with Crippen LogP contribution < -0.4 is 25.8 Å². The Labute approximate surface area is 141 Å². The monoisotopic (exact) mass is 343 g/mol. The Balaban J connectivity index is 0.00000264. The second-order valence-electron chi connectivity index (χ2n) is 5.15. The van der Waals surface area contributed by atoms with E-state index in [1.54, 1.807) is 18.2 Å². The number of nitrogens with two attached hydrogens (primary N) is 1. The number of ether oxygens (including phenoxy) is 2. The van der Waals surface area contributed by atoms with Gasteiger partial charge in [-0.3, -0.25) is 9.59 Å². The number of rotatable bonds is 6. The standard InChI is InChI=1S/C15H21N3O4.ClH/c1-21-12-6-10(7-13(8-12)22-9-14(16)19)15(20)18-11-2-4-17-5-3-11;/h6-8,11,17H,2-5,9H2,1H3,(H2,16,19)(H,18,20);1H. The number of methoxy groups -OCH3 is 1. The first-order valence-electron chi connectivity index (χ1n) is 7.20. The summed E-state index contributed by atoms with van der Waals surface area (Å²) in [6, 6.07) is 4.97. The molecule has 0 atom stereocenters. The van der Waals surface area contributed by atoms with Crippen molar-refractivity contribution in [1.29, 1.82) is 0 Å². The lowest BCUT2D eigenvalue weighted by molar-refractivity contribution is -0.119. The van der Waals surface area contributed by atoms with E-state index in [1.807, 2.05) is 0 Å². The molecule has 128 valence electrons. The van der Waals surface area contributed by atoms with Gasteiger partial charge in [0.05, 0.1) is 7.11 Å². The molecule has 0 unspecified atom stereocenters. The third kappa shape index (κ3) is 5.96. The van der Waals surface area contributed by atoms with Crippen molar-refractivity contribution >= 4 is 24.2 Å². The van der Waals surface area contributed by atoms with Gasteiger partial charge in [0.2, 0.25) is 0 Å². The zero-order valence-corrected chi connectivity index (χ0v) is 13.8. The first-order chi connectivity index (χ1) is 10.6. The first-order valence-corrected chi connectivity index (χ1v) is 7.20. The fraction of sp³-hybridized carbons (Fsp3) is 0.467. The van der Waals surface area contributed by atoms with Crippen LogP contribution in [0.5, 0.6) is 11.5 Å². The number of carbonyl (C=O) groups is 2. The Hall–Kier alpha value is -1.99. The number of nitrogens with one attached hydrogen (secondary N) is 2. The summed E-state index contributed by atoms with van der Waals surface area (Å²) in [7, 11) is 1.50. The molecule has 0 spiro atoms.